The first-order valence-electron chi connectivity index (χ1n) is 5.42. The lowest BCUT2D eigenvalue weighted by atomic mass is 9.89. The van der Waals surface area contributed by atoms with Crippen LogP contribution in [-0.4, -0.2) is 25.5 Å². The number of aliphatic hydroxyl groups is 1. The molecule has 0 spiro atoms. The van der Waals surface area contributed by atoms with Crippen LogP contribution in [0.1, 0.15) is 12.0 Å². The van der Waals surface area contributed by atoms with E-state index < -0.39 is 18.2 Å². The largest absolute Gasteiger partial charge is 0.493 e. The van der Waals surface area contributed by atoms with Crippen LogP contribution in [0.3, 0.4) is 0 Å². The minimum atomic E-state index is -4.82. The summed E-state index contributed by atoms with van der Waals surface area (Å²) in [5.74, 6) is 0.404. The van der Waals surface area contributed by atoms with Gasteiger partial charge in [-0.15, -0.1) is 6.58 Å². The maximum Gasteiger partial charge on any atom is 0.421 e. The fourth-order valence-electron chi connectivity index (χ4n) is 1.70. The SMILES string of the molecule is C=CCC(O)(c1ccc(OC)c(OC)c1)C(F)(F)F. The molecule has 19 heavy (non-hydrogen) atoms. The van der Waals surface area contributed by atoms with Gasteiger partial charge < -0.3 is 14.6 Å². The topological polar surface area (TPSA) is 38.7 Å². The summed E-state index contributed by atoms with van der Waals surface area (Å²) in [5.41, 5.74) is -3.31. The second-order valence-corrected chi connectivity index (χ2v) is 3.92. The zero-order valence-corrected chi connectivity index (χ0v) is 10.6. The van der Waals surface area contributed by atoms with E-state index in [-0.39, 0.29) is 17.1 Å². The number of ether oxygens (including phenoxy) is 2. The fourth-order valence-corrected chi connectivity index (χ4v) is 1.70. The Morgan fingerprint density at radius 1 is 1.21 bits per heavy atom. The van der Waals surface area contributed by atoms with Crippen molar-refractivity contribution in [2.75, 3.05) is 14.2 Å². The van der Waals surface area contributed by atoms with E-state index in [0.29, 0.717) is 0 Å². The Bertz CT molecular complexity index is 457. The maximum atomic E-state index is 13.0. The second kappa shape index (κ2) is 5.52. The highest BCUT2D eigenvalue weighted by Crippen LogP contribution is 2.44. The van der Waals surface area contributed by atoms with Gasteiger partial charge in [-0.25, -0.2) is 0 Å². The first kappa shape index (κ1) is 15.4. The standard InChI is InChI=1S/C13H15F3O3/c1-4-7-12(17,13(14,15)16)9-5-6-10(18-2)11(8-9)19-3/h4-6,8,17H,1,7H2,2-3H3. The van der Waals surface area contributed by atoms with Gasteiger partial charge in [-0.1, -0.05) is 12.1 Å². The van der Waals surface area contributed by atoms with Gasteiger partial charge in [-0.3, -0.25) is 0 Å². The average molecular weight is 276 g/mol. The van der Waals surface area contributed by atoms with Gasteiger partial charge in [-0.2, -0.15) is 13.2 Å². The molecule has 0 radical (unpaired) electrons. The predicted molar refractivity (Wildman–Crippen MR) is 64.3 cm³/mol. The first-order valence-corrected chi connectivity index (χ1v) is 5.42. The van der Waals surface area contributed by atoms with Crippen molar-refractivity contribution in [3.8, 4) is 11.5 Å². The van der Waals surface area contributed by atoms with E-state index in [0.717, 1.165) is 18.2 Å². The lowest BCUT2D eigenvalue weighted by Crippen LogP contribution is -2.41. The Morgan fingerprint density at radius 2 is 1.79 bits per heavy atom. The van der Waals surface area contributed by atoms with Crippen molar-refractivity contribution in [2.24, 2.45) is 0 Å². The van der Waals surface area contributed by atoms with E-state index in [2.05, 4.69) is 6.58 Å². The van der Waals surface area contributed by atoms with Crippen LogP contribution in [0.25, 0.3) is 0 Å². The number of methoxy groups -OCH3 is 2. The van der Waals surface area contributed by atoms with Crippen molar-refractivity contribution in [3.05, 3.63) is 36.4 Å². The third-order valence-electron chi connectivity index (χ3n) is 2.77. The molecule has 0 bridgehead atoms. The summed E-state index contributed by atoms with van der Waals surface area (Å²) in [4.78, 5) is 0. The normalized spacial score (nSPS) is 14.6. The van der Waals surface area contributed by atoms with Gasteiger partial charge in [0.05, 0.1) is 14.2 Å². The van der Waals surface area contributed by atoms with Crippen LogP contribution < -0.4 is 9.47 Å². The van der Waals surface area contributed by atoms with E-state index in [1.165, 1.54) is 20.3 Å². The number of benzene rings is 1. The molecule has 0 aliphatic rings. The van der Waals surface area contributed by atoms with E-state index in [9.17, 15) is 18.3 Å². The lowest BCUT2D eigenvalue weighted by molar-refractivity contribution is -0.265. The highest BCUT2D eigenvalue weighted by atomic mass is 19.4. The van der Waals surface area contributed by atoms with Crippen LogP contribution in [0.2, 0.25) is 0 Å². The van der Waals surface area contributed by atoms with Crippen LogP contribution in [-0.2, 0) is 5.60 Å². The van der Waals surface area contributed by atoms with Crippen LogP contribution in [0, 0.1) is 0 Å². The summed E-state index contributed by atoms with van der Waals surface area (Å²) in [5, 5.41) is 9.91. The number of hydrogen-bond donors (Lipinski definition) is 1. The van der Waals surface area contributed by atoms with Crippen molar-refractivity contribution >= 4 is 0 Å². The first-order chi connectivity index (χ1) is 8.80. The molecule has 0 aliphatic heterocycles. The Hall–Kier alpha value is -1.69. The van der Waals surface area contributed by atoms with Gasteiger partial charge in [0.1, 0.15) is 0 Å². The average Bonchev–Trinajstić information content (AvgIpc) is 2.36. The highest BCUT2D eigenvalue weighted by Gasteiger charge is 2.54. The minimum absolute atomic E-state index is 0.117. The van der Waals surface area contributed by atoms with Gasteiger partial charge in [-0.05, 0) is 17.7 Å². The van der Waals surface area contributed by atoms with Crippen LogP contribution in [0.5, 0.6) is 11.5 Å². The molecule has 1 N–H and O–H groups in total. The number of hydrogen-bond acceptors (Lipinski definition) is 3. The van der Waals surface area contributed by atoms with Crippen molar-refractivity contribution < 1.29 is 27.8 Å². The van der Waals surface area contributed by atoms with E-state index in [1.54, 1.807) is 0 Å². The molecule has 0 aliphatic carbocycles. The molecule has 0 amide bonds. The smallest absolute Gasteiger partial charge is 0.421 e. The number of halogens is 3. The quantitative estimate of drug-likeness (QED) is 0.840. The third kappa shape index (κ3) is 2.84. The Kier molecular flexibility index (Phi) is 4.47. The molecular formula is C13H15F3O3. The van der Waals surface area contributed by atoms with Crippen molar-refractivity contribution in [3.63, 3.8) is 0 Å². The lowest BCUT2D eigenvalue weighted by Gasteiger charge is -2.30. The van der Waals surface area contributed by atoms with Crippen molar-refractivity contribution in [1.82, 2.24) is 0 Å². The monoisotopic (exact) mass is 276 g/mol. The zero-order valence-electron chi connectivity index (χ0n) is 10.6. The molecule has 1 aromatic rings. The van der Waals surface area contributed by atoms with Crippen molar-refractivity contribution in [1.29, 1.82) is 0 Å². The summed E-state index contributed by atoms with van der Waals surface area (Å²) in [7, 11) is 2.68. The summed E-state index contributed by atoms with van der Waals surface area (Å²) < 4.78 is 49.0. The van der Waals surface area contributed by atoms with Gasteiger partial charge in [0.2, 0.25) is 0 Å². The Balaban J connectivity index is 3.36. The van der Waals surface area contributed by atoms with E-state index >= 15 is 0 Å². The number of alkyl halides is 3. The highest BCUT2D eigenvalue weighted by molar-refractivity contribution is 5.45. The molecule has 0 fully saturated rings. The summed E-state index contributed by atoms with van der Waals surface area (Å²) in [6, 6.07) is 3.57. The van der Waals surface area contributed by atoms with E-state index in [1.807, 2.05) is 0 Å². The summed E-state index contributed by atoms with van der Waals surface area (Å²) in [6.07, 6.45) is -4.45. The van der Waals surface area contributed by atoms with E-state index in [4.69, 9.17) is 9.47 Å². The molecule has 1 unspecified atom stereocenters. The van der Waals surface area contributed by atoms with Gasteiger partial charge in [0.25, 0.3) is 0 Å². The number of rotatable bonds is 5. The molecule has 1 aromatic carbocycles. The van der Waals surface area contributed by atoms with Gasteiger partial charge in [0, 0.05) is 6.42 Å². The van der Waals surface area contributed by atoms with Crippen LogP contribution in [0.4, 0.5) is 13.2 Å². The molecule has 106 valence electrons. The predicted octanol–water partition coefficient (Wildman–Crippen LogP) is 3.03. The third-order valence-corrected chi connectivity index (χ3v) is 2.77. The van der Waals surface area contributed by atoms with Gasteiger partial charge >= 0.3 is 6.18 Å². The second-order valence-electron chi connectivity index (χ2n) is 3.92. The molecule has 1 atom stereocenters. The molecule has 3 nitrogen and oxygen atoms in total. The maximum absolute atomic E-state index is 13.0. The van der Waals surface area contributed by atoms with Gasteiger partial charge in [0.15, 0.2) is 17.1 Å². The molecular weight excluding hydrogens is 261 g/mol. The van der Waals surface area contributed by atoms with Crippen molar-refractivity contribution in [2.45, 2.75) is 18.2 Å². The Morgan fingerprint density at radius 3 is 2.21 bits per heavy atom. The molecule has 0 saturated heterocycles. The molecule has 6 heteroatoms. The van der Waals surface area contributed by atoms with Crippen LogP contribution in [0.15, 0.2) is 30.9 Å². The molecule has 0 saturated carbocycles. The fraction of sp³-hybridized carbons (Fsp3) is 0.385. The molecule has 1 rings (SSSR count). The summed E-state index contributed by atoms with van der Waals surface area (Å²) in [6.45, 7) is 3.25. The molecule has 0 aromatic heterocycles. The summed E-state index contributed by atoms with van der Waals surface area (Å²) >= 11 is 0. The Labute approximate surface area is 109 Å². The van der Waals surface area contributed by atoms with Crippen LogP contribution >= 0.6 is 0 Å². The minimum Gasteiger partial charge on any atom is -0.493 e. The molecule has 0 heterocycles. The zero-order chi connectivity index (χ0) is 14.7.